The number of allylic oxidation sites excluding steroid dienone is 4. The van der Waals surface area contributed by atoms with Crippen LogP contribution in [-0.4, -0.2) is 11.7 Å². The van der Waals surface area contributed by atoms with Gasteiger partial charge in [-0.2, -0.15) is 0 Å². The molecule has 0 rings (SSSR count). The first-order valence-corrected chi connectivity index (χ1v) is 5.03. The van der Waals surface area contributed by atoms with E-state index in [2.05, 4.69) is 18.3 Å². The zero-order chi connectivity index (χ0) is 12.8. The van der Waals surface area contributed by atoms with Crippen LogP contribution in [0, 0.1) is 5.41 Å². The Bertz CT molecular complexity index is 343. The van der Waals surface area contributed by atoms with E-state index in [-0.39, 0.29) is 5.97 Å². The molecule has 16 heavy (non-hydrogen) atoms. The maximum Gasteiger partial charge on any atom is 0.340 e. The van der Waals surface area contributed by atoms with E-state index in [0.717, 1.165) is 0 Å². The van der Waals surface area contributed by atoms with E-state index in [4.69, 9.17) is 4.84 Å². The molecule has 0 aliphatic carbocycles. The van der Waals surface area contributed by atoms with Crippen LogP contribution in [0.5, 0.6) is 0 Å². The highest BCUT2D eigenvalue weighted by Crippen LogP contribution is 2.15. The van der Waals surface area contributed by atoms with Crippen molar-refractivity contribution < 1.29 is 9.63 Å². The first kappa shape index (κ1) is 14.4. The Labute approximate surface area is 97.2 Å². The summed E-state index contributed by atoms with van der Waals surface area (Å²) in [6, 6.07) is 0. The molecule has 0 fully saturated rings. The molecule has 88 valence electrons. The number of hydrogen-bond donors (Lipinski definition) is 0. The summed E-state index contributed by atoms with van der Waals surface area (Å²) in [5.41, 5.74) is 0.694. The first-order valence-electron chi connectivity index (χ1n) is 5.03. The summed E-state index contributed by atoms with van der Waals surface area (Å²) in [4.78, 5) is 16.2. The number of rotatable bonds is 4. The molecule has 0 saturated carbocycles. The summed E-state index contributed by atoms with van der Waals surface area (Å²) in [5.74, 6) is -0.368. The van der Waals surface area contributed by atoms with Gasteiger partial charge in [-0.15, -0.1) is 0 Å². The van der Waals surface area contributed by atoms with Gasteiger partial charge in [-0.1, -0.05) is 36.5 Å². The molecule has 0 radical (unpaired) electrons. The molecule has 0 bridgehead atoms. The number of carbonyl (C=O) groups is 1. The molecule has 0 aromatic rings. The van der Waals surface area contributed by atoms with Crippen LogP contribution in [0.1, 0.15) is 27.7 Å². The van der Waals surface area contributed by atoms with Crippen LogP contribution in [0.2, 0.25) is 0 Å². The van der Waals surface area contributed by atoms with Gasteiger partial charge < -0.3 is 4.84 Å². The lowest BCUT2D eigenvalue weighted by atomic mass is 9.98. The van der Waals surface area contributed by atoms with Crippen LogP contribution in [0.4, 0.5) is 0 Å². The lowest BCUT2D eigenvalue weighted by Crippen LogP contribution is -2.21. The number of hydrogen-bond acceptors (Lipinski definition) is 3. The second-order valence-electron chi connectivity index (χ2n) is 4.43. The average molecular weight is 221 g/mol. The highest BCUT2D eigenvalue weighted by Gasteiger charge is 2.23. The normalized spacial score (nSPS) is 12.6. The predicted molar refractivity (Wildman–Crippen MR) is 67.1 cm³/mol. The minimum atomic E-state index is -0.554. The Hall–Kier alpha value is -1.64. The summed E-state index contributed by atoms with van der Waals surface area (Å²) in [6.07, 6.45) is 5.13. The van der Waals surface area contributed by atoms with Crippen molar-refractivity contribution in [3.8, 4) is 0 Å². The lowest BCUT2D eigenvalue weighted by Gasteiger charge is -2.13. The molecule has 0 N–H and O–H groups in total. The molecule has 3 nitrogen and oxygen atoms in total. The Morgan fingerprint density at radius 1 is 1.38 bits per heavy atom. The summed E-state index contributed by atoms with van der Waals surface area (Å²) >= 11 is 0. The van der Waals surface area contributed by atoms with Gasteiger partial charge in [0.2, 0.25) is 0 Å². The van der Waals surface area contributed by atoms with E-state index in [9.17, 15) is 4.79 Å². The van der Waals surface area contributed by atoms with Crippen molar-refractivity contribution in [2.24, 2.45) is 10.6 Å². The molecule has 0 aromatic heterocycles. The van der Waals surface area contributed by atoms with Gasteiger partial charge in [-0.3, -0.25) is 0 Å². The monoisotopic (exact) mass is 221 g/mol. The van der Waals surface area contributed by atoms with Crippen molar-refractivity contribution in [3.63, 3.8) is 0 Å². The van der Waals surface area contributed by atoms with Crippen molar-refractivity contribution in [3.05, 3.63) is 37.0 Å². The predicted octanol–water partition coefficient (Wildman–Crippen LogP) is 3.25. The van der Waals surface area contributed by atoms with Crippen LogP contribution < -0.4 is 0 Å². The Balaban J connectivity index is 4.46. The molecule has 0 amide bonds. The highest BCUT2D eigenvalue weighted by atomic mass is 16.7. The topological polar surface area (TPSA) is 38.7 Å². The lowest BCUT2D eigenvalue weighted by molar-refractivity contribution is -0.152. The van der Waals surface area contributed by atoms with Gasteiger partial charge in [0, 0.05) is 0 Å². The highest BCUT2D eigenvalue weighted by molar-refractivity contribution is 6.00. The van der Waals surface area contributed by atoms with Gasteiger partial charge in [-0.25, -0.2) is 4.79 Å². The smallest absolute Gasteiger partial charge is 0.317 e. The fourth-order valence-electron chi connectivity index (χ4n) is 0.610. The molecule has 0 aliphatic heterocycles. The van der Waals surface area contributed by atoms with Crippen LogP contribution in [-0.2, 0) is 9.63 Å². The third-order valence-electron chi connectivity index (χ3n) is 1.78. The van der Waals surface area contributed by atoms with Crippen LogP contribution in [0.25, 0.3) is 0 Å². The maximum atomic E-state index is 11.4. The summed E-state index contributed by atoms with van der Waals surface area (Å²) < 4.78 is 0. The van der Waals surface area contributed by atoms with Crippen LogP contribution >= 0.6 is 0 Å². The van der Waals surface area contributed by atoms with Gasteiger partial charge in [0.05, 0.1) is 11.1 Å². The average Bonchev–Trinajstić information content (AvgIpc) is 2.20. The van der Waals surface area contributed by atoms with E-state index in [0.29, 0.717) is 11.3 Å². The maximum absolute atomic E-state index is 11.4. The fraction of sp³-hybridized carbons (Fsp3) is 0.385. The number of carbonyl (C=O) groups excluding carboxylic acids is 1. The third-order valence-corrected chi connectivity index (χ3v) is 1.78. The largest absolute Gasteiger partial charge is 0.340 e. The second-order valence-corrected chi connectivity index (χ2v) is 4.43. The Morgan fingerprint density at radius 2 is 1.94 bits per heavy atom. The van der Waals surface area contributed by atoms with Gasteiger partial charge >= 0.3 is 5.97 Å². The van der Waals surface area contributed by atoms with E-state index < -0.39 is 5.41 Å². The summed E-state index contributed by atoms with van der Waals surface area (Å²) in [5, 5.41) is 3.73. The molecule has 0 heterocycles. The summed E-state index contributed by atoms with van der Waals surface area (Å²) in [6.45, 7) is 14.4. The molecule has 0 unspecified atom stereocenters. The minimum absolute atomic E-state index is 0.368. The SMILES string of the molecule is C=C/C=C\C(=C)/C(C)=N\OC(=O)C(C)(C)C. The van der Waals surface area contributed by atoms with Crippen molar-refractivity contribution >= 4 is 11.7 Å². The van der Waals surface area contributed by atoms with E-state index in [1.54, 1.807) is 45.9 Å². The zero-order valence-corrected chi connectivity index (χ0v) is 10.4. The fourth-order valence-corrected chi connectivity index (χ4v) is 0.610. The van der Waals surface area contributed by atoms with Crippen molar-refractivity contribution in [2.45, 2.75) is 27.7 Å². The van der Waals surface area contributed by atoms with Gasteiger partial charge in [-0.05, 0) is 33.3 Å². The van der Waals surface area contributed by atoms with Crippen LogP contribution in [0.3, 0.4) is 0 Å². The van der Waals surface area contributed by atoms with E-state index in [1.807, 2.05) is 0 Å². The molecular weight excluding hydrogens is 202 g/mol. The Kier molecular flexibility index (Phi) is 5.43. The third kappa shape index (κ3) is 5.29. The molecule has 0 atom stereocenters. The number of oxime groups is 1. The van der Waals surface area contributed by atoms with Crippen molar-refractivity contribution in [1.82, 2.24) is 0 Å². The molecule has 0 saturated heterocycles. The zero-order valence-electron chi connectivity index (χ0n) is 10.4. The van der Waals surface area contributed by atoms with E-state index in [1.165, 1.54) is 0 Å². The Morgan fingerprint density at radius 3 is 2.38 bits per heavy atom. The summed E-state index contributed by atoms with van der Waals surface area (Å²) in [7, 11) is 0. The molecular formula is C13H19NO2. The quantitative estimate of drug-likeness (QED) is 0.316. The molecule has 0 spiro atoms. The van der Waals surface area contributed by atoms with Gasteiger partial charge in [0.25, 0.3) is 0 Å². The molecule has 3 heteroatoms. The van der Waals surface area contributed by atoms with Gasteiger partial charge in [0.1, 0.15) is 0 Å². The minimum Gasteiger partial charge on any atom is -0.317 e. The van der Waals surface area contributed by atoms with Crippen molar-refractivity contribution in [1.29, 1.82) is 0 Å². The first-order chi connectivity index (χ1) is 7.29. The van der Waals surface area contributed by atoms with E-state index >= 15 is 0 Å². The van der Waals surface area contributed by atoms with Crippen molar-refractivity contribution in [2.75, 3.05) is 0 Å². The second kappa shape index (κ2) is 6.05. The molecule has 0 aliphatic rings. The van der Waals surface area contributed by atoms with Gasteiger partial charge in [0.15, 0.2) is 0 Å². The van der Waals surface area contributed by atoms with Crippen LogP contribution in [0.15, 0.2) is 42.1 Å². The molecule has 0 aromatic carbocycles. The standard InChI is InChI=1S/C13H19NO2/c1-7-8-9-10(2)11(3)14-16-12(15)13(4,5)6/h7-9H,1-2H2,3-6H3/b9-8-,14-11-. The number of nitrogens with zero attached hydrogens (tertiary/aromatic N) is 1.